The average molecular weight is 337 g/mol. The fourth-order valence-electron chi connectivity index (χ4n) is 3.37. The summed E-state index contributed by atoms with van der Waals surface area (Å²) in [7, 11) is 0. The minimum atomic E-state index is -0.706. The Morgan fingerprint density at radius 2 is 2.17 bits per heavy atom. The van der Waals surface area contributed by atoms with Gasteiger partial charge in [0.1, 0.15) is 11.9 Å². The van der Waals surface area contributed by atoms with Gasteiger partial charge < -0.3 is 25.1 Å². The molecule has 0 aromatic carbocycles. The Hall–Kier alpha value is -1.53. The molecule has 2 amide bonds. The van der Waals surface area contributed by atoms with Crippen LogP contribution in [0, 0.1) is 5.92 Å². The maximum absolute atomic E-state index is 12.1. The Bertz CT molecular complexity index is 492. The van der Waals surface area contributed by atoms with Gasteiger partial charge in [-0.05, 0) is 51.3 Å². The fraction of sp³-hybridized carbons (Fsp3) is 0.722. The van der Waals surface area contributed by atoms with Gasteiger partial charge in [-0.25, -0.2) is 4.79 Å². The third-order valence-corrected chi connectivity index (χ3v) is 4.48. The molecule has 0 radical (unpaired) electrons. The second-order valence-corrected chi connectivity index (χ2v) is 7.19. The number of aliphatic hydroxyl groups is 1. The molecule has 6 heteroatoms. The Labute approximate surface area is 144 Å². The molecule has 1 aliphatic rings. The van der Waals surface area contributed by atoms with Crippen LogP contribution in [0.3, 0.4) is 0 Å². The normalized spacial score (nSPS) is 22.6. The Morgan fingerprint density at radius 1 is 1.42 bits per heavy atom. The van der Waals surface area contributed by atoms with Crippen LogP contribution in [-0.2, 0) is 0 Å². The highest BCUT2D eigenvalue weighted by atomic mass is 16.4. The zero-order valence-corrected chi connectivity index (χ0v) is 15.0. The van der Waals surface area contributed by atoms with Gasteiger partial charge in [-0.2, -0.15) is 0 Å². The van der Waals surface area contributed by atoms with Crippen molar-refractivity contribution in [2.45, 2.75) is 58.2 Å². The minimum absolute atomic E-state index is 0.0949. The van der Waals surface area contributed by atoms with Gasteiger partial charge in [0.25, 0.3) is 0 Å². The average Bonchev–Trinajstić information content (AvgIpc) is 3.00. The van der Waals surface area contributed by atoms with E-state index in [-0.39, 0.29) is 18.1 Å². The standard InChI is InChI=1S/C18H31N3O3/c1-13-6-4-8-21(11-13)12-15(3)20-18(23)19-14(2)10-16(22)17-7-5-9-24-17/h5,7,9,13-16,22H,4,6,8,10-12H2,1-3H3,(H2,19,20,23). The predicted molar refractivity (Wildman–Crippen MR) is 93.7 cm³/mol. The maximum Gasteiger partial charge on any atom is 0.315 e. The molecule has 0 bridgehead atoms. The van der Waals surface area contributed by atoms with Crippen molar-refractivity contribution in [1.82, 2.24) is 15.5 Å². The number of urea groups is 1. The number of carbonyl (C=O) groups is 1. The Kier molecular flexibility index (Phi) is 7.12. The summed E-state index contributed by atoms with van der Waals surface area (Å²) in [6.07, 6.45) is 3.78. The second-order valence-electron chi connectivity index (χ2n) is 7.19. The molecule has 1 fully saturated rings. The van der Waals surface area contributed by atoms with E-state index in [0.29, 0.717) is 12.2 Å². The van der Waals surface area contributed by atoms with Crippen LogP contribution < -0.4 is 10.6 Å². The highest BCUT2D eigenvalue weighted by Gasteiger charge is 2.20. The highest BCUT2D eigenvalue weighted by molar-refractivity contribution is 5.74. The number of nitrogens with one attached hydrogen (secondary N) is 2. The molecule has 2 rings (SSSR count). The molecule has 0 aliphatic carbocycles. The summed E-state index contributed by atoms with van der Waals surface area (Å²) in [5.74, 6) is 1.26. The lowest BCUT2D eigenvalue weighted by Gasteiger charge is -2.33. The SMILES string of the molecule is CC1CCCN(CC(C)NC(=O)NC(C)CC(O)c2ccco2)C1. The molecule has 1 aliphatic heterocycles. The molecule has 4 unspecified atom stereocenters. The number of nitrogens with zero attached hydrogens (tertiary/aromatic N) is 1. The van der Waals surface area contributed by atoms with Crippen LogP contribution in [0.15, 0.2) is 22.8 Å². The lowest BCUT2D eigenvalue weighted by atomic mass is 10.00. The van der Waals surface area contributed by atoms with E-state index in [1.165, 1.54) is 19.1 Å². The number of hydrogen-bond donors (Lipinski definition) is 3. The van der Waals surface area contributed by atoms with Crippen LogP contribution in [-0.4, -0.2) is 47.8 Å². The number of rotatable bonds is 7. The molecule has 136 valence electrons. The summed E-state index contributed by atoms with van der Waals surface area (Å²) in [6, 6.07) is 3.24. The minimum Gasteiger partial charge on any atom is -0.467 e. The summed E-state index contributed by atoms with van der Waals surface area (Å²) < 4.78 is 5.18. The number of likely N-dealkylation sites (tertiary alicyclic amines) is 1. The van der Waals surface area contributed by atoms with Crippen molar-refractivity contribution >= 4 is 6.03 Å². The summed E-state index contributed by atoms with van der Waals surface area (Å²) in [5.41, 5.74) is 0. The third-order valence-electron chi connectivity index (χ3n) is 4.48. The van der Waals surface area contributed by atoms with Gasteiger partial charge in [0.2, 0.25) is 0 Å². The zero-order chi connectivity index (χ0) is 17.5. The smallest absolute Gasteiger partial charge is 0.315 e. The topological polar surface area (TPSA) is 77.7 Å². The van der Waals surface area contributed by atoms with Crippen LogP contribution in [0.5, 0.6) is 0 Å². The molecule has 0 saturated carbocycles. The van der Waals surface area contributed by atoms with Crippen molar-refractivity contribution < 1.29 is 14.3 Å². The molecular formula is C18H31N3O3. The van der Waals surface area contributed by atoms with Gasteiger partial charge >= 0.3 is 6.03 Å². The predicted octanol–water partition coefficient (Wildman–Crippen LogP) is 2.51. The molecule has 24 heavy (non-hydrogen) atoms. The van der Waals surface area contributed by atoms with Gasteiger partial charge in [0.05, 0.1) is 6.26 Å². The highest BCUT2D eigenvalue weighted by Crippen LogP contribution is 2.18. The zero-order valence-electron chi connectivity index (χ0n) is 15.0. The van der Waals surface area contributed by atoms with E-state index >= 15 is 0 Å². The van der Waals surface area contributed by atoms with Crippen LogP contribution in [0.4, 0.5) is 4.79 Å². The first kappa shape index (κ1) is 18.8. The third kappa shape index (κ3) is 6.17. The monoisotopic (exact) mass is 337 g/mol. The number of hydrogen-bond acceptors (Lipinski definition) is 4. The first-order chi connectivity index (χ1) is 11.4. The second kappa shape index (κ2) is 9.08. The van der Waals surface area contributed by atoms with Crippen LogP contribution in [0.1, 0.15) is 51.9 Å². The van der Waals surface area contributed by atoms with Crippen LogP contribution in [0.25, 0.3) is 0 Å². The lowest BCUT2D eigenvalue weighted by molar-refractivity contribution is 0.129. The van der Waals surface area contributed by atoms with Gasteiger partial charge in [-0.15, -0.1) is 0 Å². The number of carbonyl (C=O) groups excluding carboxylic acids is 1. The molecule has 3 N–H and O–H groups in total. The van der Waals surface area contributed by atoms with Crippen LogP contribution in [0.2, 0.25) is 0 Å². The van der Waals surface area contributed by atoms with E-state index in [1.54, 1.807) is 12.1 Å². The quantitative estimate of drug-likeness (QED) is 0.714. The van der Waals surface area contributed by atoms with Crippen LogP contribution >= 0.6 is 0 Å². The molecule has 1 aromatic heterocycles. The van der Waals surface area contributed by atoms with E-state index in [1.807, 2.05) is 13.8 Å². The van der Waals surface area contributed by atoms with Gasteiger partial charge in [0, 0.05) is 31.6 Å². The molecule has 1 saturated heterocycles. The summed E-state index contributed by atoms with van der Waals surface area (Å²) >= 11 is 0. The van der Waals surface area contributed by atoms with Gasteiger partial charge in [0.15, 0.2) is 0 Å². The summed E-state index contributed by atoms with van der Waals surface area (Å²) in [5, 5.41) is 15.9. The van der Waals surface area contributed by atoms with Gasteiger partial charge in [-0.1, -0.05) is 6.92 Å². The molecule has 2 heterocycles. The van der Waals surface area contributed by atoms with Gasteiger partial charge in [-0.3, -0.25) is 0 Å². The van der Waals surface area contributed by atoms with E-state index in [4.69, 9.17) is 4.42 Å². The van der Waals surface area contributed by atoms with Crippen molar-refractivity contribution in [1.29, 1.82) is 0 Å². The number of piperidine rings is 1. The van der Waals surface area contributed by atoms with Crippen molar-refractivity contribution in [3.8, 4) is 0 Å². The lowest BCUT2D eigenvalue weighted by Crippen LogP contribution is -2.49. The molecule has 0 spiro atoms. The fourth-order valence-corrected chi connectivity index (χ4v) is 3.37. The van der Waals surface area contributed by atoms with E-state index in [9.17, 15) is 9.90 Å². The van der Waals surface area contributed by atoms with Crippen molar-refractivity contribution in [3.63, 3.8) is 0 Å². The number of aliphatic hydroxyl groups excluding tert-OH is 1. The van der Waals surface area contributed by atoms with E-state index < -0.39 is 6.10 Å². The Balaban J connectivity index is 1.67. The van der Waals surface area contributed by atoms with Crippen molar-refractivity contribution in [2.75, 3.05) is 19.6 Å². The largest absolute Gasteiger partial charge is 0.467 e. The van der Waals surface area contributed by atoms with E-state index in [2.05, 4.69) is 22.5 Å². The first-order valence-corrected chi connectivity index (χ1v) is 8.95. The first-order valence-electron chi connectivity index (χ1n) is 8.95. The molecule has 1 aromatic rings. The number of furan rings is 1. The Morgan fingerprint density at radius 3 is 2.83 bits per heavy atom. The molecular weight excluding hydrogens is 306 g/mol. The van der Waals surface area contributed by atoms with E-state index in [0.717, 1.165) is 25.6 Å². The molecule has 6 nitrogen and oxygen atoms in total. The summed E-state index contributed by atoms with van der Waals surface area (Å²) in [6.45, 7) is 9.29. The maximum atomic E-state index is 12.1. The van der Waals surface area contributed by atoms with Crippen molar-refractivity contribution in [3.05, 3.63) is 24.2 Å². The molecule has 4 atom stereocenters. The number of amides is 2. The van der Waals surface area contributed by atoms with Crippen molar-refractivity contribution in [2.24, 2.45) is 5.92 Å². The summed E-state index contributed by atoms with van der Waals surface area (Å²) in [4.78, 5) is 14.5.